The molecule has 0 saturated heterocycles. The fourth-order valence-electron chi connectivity index (χ4n) is 2.08. The van der Waals surface area contributed by atoms with Crippen molar-refractivity contribution in [1.82, 2.24) is 0 Å². The molecular formula is C18H15O3P. The van der Waals surface area contributed by atoms with Crippen LogP contribution in [0.1, 0.15) is 0 Å². The molecule has 3 rings (SSSR count). The predicted octanol–water partition coefficient (Wildman–Crippen LogP) is 5.03. The molecule has 0 heterocycles. The molecule has 0 amide bonds. The average Bonchev–Trinajstić information content (AvgIpc) is 2.57. The van der Waals surface area contributed by atoms with Gasteiger partial charge in [-0.3, -0.25) is 0 Å². The first kappa shape index (κ1) is 14.4. The van der Waals surface area contributed by atoms with Crippen LogP contribution in [-0.2, 0) is 0 Å². The highest BCUT2D eigenvalue weighted by molar-refractivity contribution is 7.27. The van der Waals surface area contributed by atoms with Crippen LogP contribution in [0.4, 0.5) is 0 Å². The topological polar surface area (TPSA) is 38.7 Å². The van der Waals surface area contributed by atoms with Gasteiger partial charge in [0.25, 0.3) is 9.03 Å². The van der Waals surface area contributed by atoms with E-state index in [0.717, 1.165) is 16.9 Å². The van der Waals surface area contributed by atoms with Crippen LogP contribution >= 0.6 is 9.03 Å². The Bertz CT molecular complexity index is 744. The standard InChI is InChI=1S/C18H15O3P/c19-17-12-6-4-10-15(17)16-11-5-7-13-18(16)21-22-20-14-8-2-1-3-9-14/h1-13,19,22H. The maximum absolute atomic E-state index is 10.0. The number of hydrogen-bond donors (Lipinski definition) is 1. The molecular weight excluding hydrogens is 295 g/mol. The lowest BCUT2D eigenvalue weighted by molar-refractivity contribution is 0.476. The summed E-state index contributed by atoms with van der Waals surface area (Å²) in [6, 6.07) is 24.3. The average molecular weight is 310 g/mol. The molecule has 0 saturated carbocycles. The summed E-state index contributed by atoms with van der Waals surface area (Å²) in [5, 5.41) is 10.0. The first-order chi connectivity index (χ1) is 10.8. The Morgan fingerprint density at radius 2 is 1.27 bits per heavy atom. The summed E-state index contributed by atoms with van der Waals surface area (Å²) in [4.78, 5) is 0. The van der Waals surface area contributed by atoms with Crippen LogP contribution < -0.4 is 9.05 Å². The molecule has 0 fully saturated rings. The molecule has 110 valence electrons. The number of para-hydroxylation sites is 3. The van der Waals surface area contributed by atoms with Crippen LogP contribution in [0.2, 0.25) is 0 Å². The Labute approximate surface area is 131 Å². The van der Waals surface area contributed by atoms with Crippen LogP contribution in [0.15, 0.2) is 78.9 Å². The Morgan fingerprint density at radius 3 is 2.05 bits per heavy atom. The highest BCUT2D eigenvalue weighted by Gasteiger charge is 2.09. The van der Waals surface area contributed by atoms with Gasteiger partial charge in [-0.05, 0) is 24.3 Å². The van der Waals surface area contributed by atoms with E-state index in [2.05, 4.69) is 0 Å². The maximum atomic E-state index is 10.0. The molecule has 3 aromatic carbocycles. The van der Waals surface area contributed by atoms with Crippen molar-refractivity contribution in [3.63, 3.8) is 0 Å². The van der Waals surface area contributed by atoms with Crippen molar-refractivity contribution in [2.45, 2.75) is 0 Å². The number of phenolic OH excluding ortho intramolecular Hbond substituents is 1. The number of benzene rings is 3. The normalized spacial score (nSPS) is 10.7. The van der Waals surface area contributed by atoms with Gasteiger partial charge in [-0.2, -0.15) is 0 Å². The smallest absolute Gasteiger partial charge is 0.275 e. The van der Waals surface area contributed by atoms with Gasteiger partial charge >= 0.3 is 0 Å². The summed E-state index contributed by atoms with van der Waals surface area (Å²) < 4.78 is 11.3. The van der Waals surface area contributed by atoms with Gasteiger partial charge in [0.15, 0.2) is 0 Å². The molecule has 0 spiro atoms. The third-order valence-corrected chi connectivity index (χ3v) is 3.76. The molecule has 22 heavy (non-hydrogen) atoms. The van der Waals surface area contributed by atoms with E-state index in [1.54, 1.807) is 12.1 Å². The monoisotopic (exact) mass is 310 g/mol. The zero-order chi connectivity index (χ0) is 15.2. The Balaban J connectivity index is 1.76. The van der Waals surface area contributed by atoms with E-state index in [1.807, 2.05) is 66.7 Å². The van der Waals surface area contributed by atoms with Crippen LogP contribution in [0.5, 0.6) is 17.2 Å². The molecule has 1 atom stereocenters. The summed E-state index contributed by atoms with van der Waals surface area (Å²) in [5.74, 6) is 1.67. The van der Waals surface area contributed by atoms with E-state index in [4.69, 9.17) is 9.05 Å². The minimum Gasteiger partial charge on any atom is -0.507 e. The van der Waals surface area contributed by atoms with Crippen molar-refractivity contribution in [2.75, 3.05) is 0 Å². The van der Waals surface area contributed by atoms with E-state index < -0.39 is 0 Å². The maximum Gasteiger partial charge on any atom is 0.275 e. The van der Waals surface area contributed by atoms with Gasteiger partial charge < -0.3 is 14.2 Å². The van der Waals surface area contributed by atoms with Crippen LogP contribution in [0.3, 0.4) is 0 Å². The third-order valence-electron chi connectivity index (χ3n) is 3.14. The molecule has 0 aliphatic rings. The molecule has 3 aromatic rings. The summed E-state index contributed by atoms with van der Waals surface area (Å²) in [5.41, 5.74) is 1.58. The minimum atomic E-state index is -0.156. The molecule has 0 aromatic heterocycles. The molecule has 0 bridgehead atoms. The van der Waals surface area contributed by atoms with Crippen LogP contribution in [0, 0.1) is 0 Å². The SMILES string of the molecule is Oc1ccccc1-c1ccccc1OPOc1ccccc1. The van der Waals surface area contributed by atoms with E-state index in [-0.39, 0.29) is 14.8 Å². The number of phenols is 1. The van der Waals surface area contributed by atoms with Crippen molar-refractivity contribution < 1.29 is 14.2 Å². The van der Waals surface area contributed by atoms with Crippen LogP contribution in [-0.4, -0.2) is 5.11 Å². The van der Waals surface area contributed by atoms with Crippen molar-refractivity contribution in [2.24, 2.45) is 0 Å². The lowest BCUT2D eigenvalue weighted by atomic mass is 10.0. The fourth-order valence-corrected chi connectivity index (χ4v) is 2.62. The highest BCUT2D eigenvalue weighted by Crippen LogP contribution is 2.37. The predicted molar refractivity (Wildman–Crippen MR) is 89.6 cm³/mol. The van der Waals surface area contributed by atoms with E-state index in [9.17, 15) is 5.11 Å². The Kier molecular flexibility index (Phi) is 4.57. The molecule has 1 unspecified atom stereocenters. The molecule has 0 radical (unpaired) electrons. The second kappa shape index (κ2) is 6.97. The van der Waals surface area contributed by atoms with E-state index in [0.29, 0.717) is 5.75 Å². The van der Waals surface area contributed by atoms with Gasteiger partial charge in [0, 0.05) is 11.1 Å². The zero-order valence-electron chi connectivity index (χ0n) is 11.8. The lowest BCUT2D eigenvalue weighted by Gasteiger charge is -2.12. The van der Waals surface area contributed by atoms with Gasteiger partial charge in [-0.15, -0.1) is 0 Å². The quantitative estimate of drug-likeness (QED) is 0.672. The summed E-state index contributed by atoms with van der Waals surface area (Å²) in [6.45, 7) is 0. The van der Waals surface area contributed by atoms with Gasteiger partial charge in [0.05, 0.1) is 0 Å². The highest BCUT2D eigenvalue weighted by atomic mass is 31.1. The second-order valence-corrected chi connectivity index (χ2v) is 5.19. The molecule has 1 N–H and O–H groups in total. The van der Waals surface area contributed by atoms with Crippen molar-refractivity contribution in [3.05, 3.63) is 78.9 Å². The van der Waals surface area contributed by atoms with Crippen molar-refractivity contribution in [3.8, 4) is 28.4 Å². The fraction of sp³-hybridized carbons (Fsp3) is 0. The van der Waals surface area contributed by atoms with Gasteiger partial charge in [-0.25, -0.2) is 0 Å². The number of rotatable bonds is 5. The lowest BCUT2D eigenvalue weighted by Crippen LogP contribution is -1.88. The van der Waals surface area contributed by atoms with Gasteiger partial charge in [0.2, 0.25) is 0 Å². The van der Waals surface area contributed by atoms with E-state index in [1.165, 1.54) is 0 Å². The first-order valence-electron chi connectivity index (χ1n) is 6.86. The number of hydrogen-bond acceptors (Lipinski definition) is 3. The molecule has 0 aliphatic heterocycles. The van der Waals surface area contributed by atoms with Gasteiger partial charge in [0.1, 0.15) is 17.2 Å². The molecule has 4 heteroatoms. The largest absolute Gasteiger partial charge is 0.507 e. The summed E-state index contributed by atoms with van der Waals surface area (Å²) >= 11 is 0. The minimum absolute atomic E-state index is 0.156. The van der Waals surface area contributed by atoms with Crippen LogP contribution in [0.25, 0.3) is 11.1 Å². The zero-order valence-corrected chi connectivity index (χ0v) is 12.8. The second-order valence-electron chi connectivity index (χ2n) is 4.61. The molecule has 0 aliphatic carbocycles. The summed E-state index contributed by atoms with van der Waals surface area (Å²) in [7, 11) is -0.156. The number of aromatic hydroxyl groups is 1. The van der Waals surface area contributed by atoms with Crippen molar-refractivity contribution >= 4 is 9.03 Å². The summed E-state index contributed by atoms with van der Waals surface area (Å²) in [6.07, 6.45) is 0. The Hall–Kier alpha value is -2.51. The first-order valence-corrected chi connectivity index (χ1v) is 7.67. The van der Waals surface area contributed by atoms with Gasteiger partial charge in [-0.1, -0.05) is 54.6 Å². The third kappa shape index (κ3) is 3.38. The molecule has 3 nitrogen and oxygen atoms in total. The Morgan fingerprint density at radius 1 is 0.636 bits per heavy atom. The van der Waals surface area contributed by atoms with E-state index >= 15 is 0 Å². The van der Waals surface area contributed by atoms with Crippen molar-refractivity contribution in [1.29, 1.82) is 0 Å².